The van der Waals surface area contributed by atoms with Crippen LogP contribution in [0.15, 0.2) is 35.9 Å². The summed E-state index contributed by atoms with van der Waals surface area (Å²) >= 11 is 1.30. The highest BCUT2D eigenvalue weighted by Crippen LogP contribution is 2.67. The fourth-order valence-corrected chi connectivity index (χ4v) is 10.6. The van der Waals surface area contributed by atoms with Crippen molar-refractivity contribution in [3.8, 4) is 5.75 Å². The molecule has 0 aromatic heterocycles. The molecule has 3 saturated carbocycles. The number of benzene rings is 1. The predicted molar refractivity (Wildman–Crippen MR) is 164 cm³/mol. The number of hydrogen-bond acceptors (Lipinski definition) is 5. The van der Waals surface area contributed by atoms with Gasteiger partial charge < -0.3 is 4.74 Å². The first-order valence-corrected chi connectivity index (χ1v) is 16.7. The number of nitrogens with zero attached hydrogens (tertiary/aromatic N) is 1. The highest BCUT2D eigenvalue weighted by molar-refractivity contribution is 8.13. The molecule has 5 rings (SSSR count). The third-order valence-corrected chi connectivity index (χ3v) is 12.8. The number of fused-ring (bicyclic) bond motifs is 5. The molecule has 0 unspecified atom stereocenters. The van der Waals surface area contributed by atoms with Crippen molar-refractivity contribution in [1.29, 1.82) is 0 Å². The minimum absolute atomic E-state index is 0.00569. The zero-order chi connectivity index (χ0) is 28.7. The molecule has 0 spiro atoms. The van der Waals surface area contributed by atoms with Crippen LogP contribution in [0.5, 0.6) is 5.75 Å². The summed E-state index contributed by atoms with van der Waals surface area (Å²) in [5.74, 6) is 5.36. The molecule has 0 bridgehead atoms. The largest absolute Gasteiger partial charge is 0.418 e. The molecule has 8 atom stereocenters. The van der Waals surface area contributed by atoms with E-state index in [9.17, 15) is 14.9 Å². The topological polar surface area (TPSA) is 69.4 Å². The lowest BCUT2D eigenvalue weighted by Crippen LogP contribution is -2.50. The van der Waals surface area contributed by atoms with Crippen LogP contribution in [0.25, 0.3) is 0 Å². The lowest BCUT2D eigenvalue weighted by molar-refractivity contribution is -0.384. The first kappa shape index (κ1) is 29.7. The smallest absolute Gasteiger partial charge is 0.372 e. The Morgan fingerprint density at radius 1 is 1.05 bits per heavy atom. The van der Waals surface area contributed by atoms with Crippen LogP contribution in [-0.2, 0) is 0 Å². The Kier molecular flexibility index (Phi) is 8.76. The molecule has 4 aliphatic rings. The van der Waals surface area contributed by atoms with Gasteiger partial charge in [-0.25, -0.2) is 4.79 Å². The maximum absolute atomic E-state index is 12.7. The number of rotatable bonds is 8. The van der Waals surface area contributed by atoms with E-state index in [2.05, 4.69) is 40.7 Å². The zero-order valence-electron chi connectivity index (χ0n) is 25.2. The summed E-state index contributed by atoms with van der Waals surface area (Å²) < 4.78 is 5.50. The minimum Gasteiger partial charge on any atom is -0.418 e. The van der Waals surface area contributed by atoms with Gasteiger partial charge in [0.15, 0.2) is 0 Å². The van der Waals surface area contributed by atoms with Gasteiger partial charge >= 0.3 is 5.30 Å². The normalized spacial score (nSPS) is 35.8. The van der Waals surface area contributed by atoms with Crippen molar-refractivity contribution in [2.24, 2.45) is 46.3 Å². The molecule has 4 aliphatic carbocycles. The lowest BCUT2D eigenvalue weighted by atomic mass is 9.47. The summed E-state index contributed by atoms with van der Waals surface area (Å²) in [5.41, 5.74) is 2.36. The van der Waals surface area contributed by atoms with E-state index in [1.807, 2.05) is 0 Å². The molecule has 3 fully saturated rings. The summed E-state index contributed by atoms with van der Waals surface area (Å²) in [4.78, 5) is 23.1. The van der Waals surface area contributed by atoms with Crippen molar-refractivity contribution in [2.45, 2.75) is 110 Å². The number of thioether (sulfide) groups is 1. The fraction of sp³-hybridized carbons (Fsp3) is 0.735. The van der Waals surface area contributed by atoms with Crippen molar-refractivity contribution in [1.82, 2.24) is 0 Å². The van der Waals surface area contributed by atoms with Gasteiger partial charge in [0.1, 0.15) is 5.75 Å². The van der Waals surface area contributed by atoms with E-state index in [0.29, 0.717) is 11.2 Å². The van der Waals surface area contributed by atoms with Gasteiger partial charge in [0.2, 0.25) is 0 Å². The monoisotopic (exact) mass is 567 g/mol. The van der Waals surface area contributed by atoms with Gasteiger partial charge in [0.05, 0.1) is 4.92 Å². The molecular weight excluding hydrogens is 518 g/mol. The second kappa shape index (κ2) is 11.8. The minimum atomic E-state index is -0.449. The summed E-state index contributed by atoms with van der Waals surface area (Å²) in [6.45, 7) is 12.5. The van der Waals surface area contributed by atoms with Crippen molar-refractivity contribution in [3.05, 3.63) is 46.0 Å². The Hall–Kier alpha value is -1.82. The van der Waals surface area contributed by atoms with E-state index < -0.39 is 4.92 Å². The summed E-state index contributed by atoms with van der Waals surface area (Å²) in [6, 6.07) is 5.74. The Labute approximate surface area is 245 Å². The molecule has 0 N–H and O–H groups in total. The quantitative estimate of drug-likeness (QED) is 0.135. The van der Waals surface area contributed by atoms with Gasteiger partial charge in [-0.1, -0.05) is 65.5 Å². The number of nitro benzene ring substituents is 1. The molecule has 6 heteroatoms. The lowest BCUT2D eigenvalue weighted by Gasteiger charge is -2.58. The summed E-state index contributed by atoms with van der Waals surface area (Å²) in [7, 11) is 0. The number of ether oxygens (including phenoxy) is 1. The Morgan fingerprint density at radius 2 is 1.80 bits per heavy atom. The van der Waals surface area contributed by atoms with Crippen LogP contribution in [0.1, 0.15) is 105 Å². The Bertz CT molecular complexity index is 1120. The molecule has 40 heavy (non-hydrogen) atoms. The molecule has 0 heterocycles. The van der Waals surface area contributed by atoms with Crippen molar-refractivity contribution in [2.75, 3.05) is 0 Å². The van der Waals surface area contributed by atoms with Gasteiger partial charge in [0.25, 0.3) is 5.69 Å². The van der Waals surface area contributed by atoms with Gasteiger partial charge in [-0.3, -0.25) is 10.1 Å². The highest BCUT2D eigenvalue weighted by Gasteiger charge is 2.59. The van der Waals surface area contributed by atoms with Crippen LogP contribution in [0.3, 0.4) is 0 Å². The summed E-state index contributed by atoms with van der Waals surface area (Å²) in [6.07, 6.45) is 16.7. The molecule has 220 valence electrons. The second-order valence-corrected chi connectivity index (χ2v) is 15.6. The number of carbonyl (C=O) groups excluding carboxylic acids is 1. The van der Waals surface area contributed by atoms with Gasteiger partial charge in [-0.2, -0.15) is 0 Å². The summed E-state index contributed by atoms with van der Waals surface area (Å²) in [5, 5.41) is 10.8. The van der Waals surface area contributed by atoms with E-state index in [1.165, 1.54) is 87.4 Å². The number of hydrogen-bond donors (Lipinski definition) is 0. The average molecular weight is 568 g/mol. The Morgan fingerprint density at radius 3 is 2.50 bits per heavy atom. The molecule has 1 aromatic rings. The molecular formula is C34H49NO4S. The van der Waals surface area contributed by atoms with Crippen LogP contribution in [-0.4, -0.2) is 15.5 Å². The van der Waals surface area contributed by atoms with E-state index in [4.69, 9.17) is 4.74 Å². The molecule has 0 aliphatic heterocycles. The van der Waals surface area contributed by atoms with Gasteiger partial charge in [-0.05, 0) is 122 Å². The van der Waals surface area contributed by atoms with E-state index in [-0.39, 0.29) is 21.7 Å². The molecule has 5 nitrogen and oxygen atoms in total. The van der Waals surface area contributed by atoms with Crippen LogP contribution >= 0.6 is 11.8 Å². The van der Waals surface area contributed by atoms with E-state index in [0.717, 1.165) is 54.8 Å². The first-order valence-electron chi connectivity index (χ1n) is 15.8. The number of non-ortho nitro benzene ring substituents is 1. The van der Waals surface area contributed by atoms with Crippen LogP contribution in [0, 0.1) is 56.5 Å². The molecule has 0 amide bonds. The van der Waals surface area contributed by atoms with Crippen molar-refractivity contribution >= 4 is 22.8 Å². The molecule has 0 radical (unpaired) electrons. The highest BCUT2D eigenvalue weighted by atomic mass is 32.2. The van der Waals surface area contributed by atoms with Crippen LogP contribution in [0.4, 0.5) is 10.5 Å². The van der Waals surface area contributed by atoms with Gasteiger partial charge in [-0.15, -0.1) is 0 Å². The van der Waals surface area contributed by atoms with Crippen molar-refractivity contribution in [3.63, 3.8) is 0 Å². The van der Waals surface area contributed by atoms with E-state index >= 15 is 0 Å². The first-order chi connectivity index (χ1) is 19.0. The van der Waals surface area contributed by atoms with E-state index in [1.54, 1.807) is 5.57 Å². The Balaban J connectivity index is 1.20. The molecule has 1 aromatic carbocycles. The number of nitro groups is 1. The third kappa shape index (κ3) is 5.76. The maximum atomic E-state index is 12.7. The van der Waals surface area contributed by atoms with Crippen LogP contribution in [0.2, 0.25) is 0 Å². The number of allylic oxidation sites excluding steroid dienone is 2. The standard InChI is InChI=1S/C34H49NO4S/c1-22(2)7-6-8-23(3)29-15-16-30-28-14-9-24-21-27(17-19-33(24,4)31(28)18-20-34(29,30)5)40-32(36)39-26-12-10-25(11-13-26)35(37)38/h9-13,22-23,27-31H,6-8,14-21H2,1-5H3/t23-,27-,28-,29+,30-,31-,33-,34+/m0/s1. The molecule has 0 saturated heterocycles. The number of carbonyl (C=O) groups is 1. The predicted octanol–water partition coefficient (Wildman–Crippen LogP) is 10.2. The van der Waals surface area contributed by atoms with Crippen LogP contribution < -0.4 is 4.74 Å². The zero-order valence-corrected chi connectivity index (χ0v) is 26.0. The van der Waals surface area contributed by atoms with Gasteiger partial charge in [0, 0.05) is 17.4 Å². The second-order valence-electron chi connectivity index (χ2n) is 14.4. The SMILES string of the molecule is CC(C)CCC[C@H](C)[C@H]1CC[C@H]2[C@@H]3CC=C4C[C@@H](SC(=O)Oc5ccc([N+](=O)[O-])cc5)CC[C@]4(C)[C@H]3CC[C@]12C. The van der Waals surface area contributed by atoms with Crippen molar-refractivity contribution < 1.29 is 14.5 Å². The average Bonchev–Trinajstić information content (AvgIpc) is 3.26. The maximum Gasteiger partial charge on any atom is 0.372 e. The fourth-order valence-electron chi connectivity index (χ4n) is 9.64. The third-order valence-electron chi connectivity index (χ3n) is 11.8.